The molecule has 1 aromatic heterocycles. The Morgan fingerprint density at radius 2 is 1.74 bits per heavy atom. The summed E-state index contributed by atoms with van der Waals surface area (Å²) < 4.78 is 26.3. The summed E-state index contributed by atoms with van der Waals surface area (Å²) in [6.45, 7) is 3.36. The van der Waals surface area contributed by atoms with Crippen molar-refractivity contribution >= 4 is 57.9 Å². The molecular weight excluding hydrogens is 602 g/mol. The molecule has 0 saturated carbocycles. The van der Waals surface area contributed by atoms with Crippen LogP contribution in [0, 0.1) is 11.7 Å². The summed E-state index contributed by atoms with van der Waals surface area (Å²) in [6, 6.07) is 14.2. The number of thiophene rings is 1. The van der Waals surface area contributed by atoms with Gasteiger partial charge in [-0.05, 0) is 56.0 Å². The third kappa shape index (κ3) is 5.32. The van der Waals surface area contributed by atoms with Crippen LogP contribution in [-0.2, 0) is 23.9 Å². The number of ketones is 1. The van der Waals surface area contributed by atoms with E-state index in [0.717, 1.165) is 4.88 Å². The van der Waals surface area contributed by atoms with Gasteiger partial charge in [0.2, 0.25) is 0 Å². The van der Waals surface area contributed by atoms with Crippen molar-refractivity contribution in [2.45, 2.75) is 32.1 Å². The van der Waals surface area contributed by atoms with Crippen LogP contribution < -0.4 is 10.6 Å². The smallest absolute Gasteiger partial charge is 0.338 e. The number of carbonyl (C=O) groups excluding carboxylic acids is 3. The minimum absolute atomic E-state index is 0.00829. The Hall–Kier alpha value is -3.66. The first-order valence-electron chi connectivity index (χ1n) is 13.3. The van der Waals surface area contributed by atoms with E-state index in [1.807, 2.05) is 17.5 Å². The number of carbonyl (C=O) groups is 3. The first-order valence-corrected chi connectivity index (χ1v) is 15.0. The normalized spacial score (nSPS) is 20.5. The fourth-order valence-corrected chi connectivity index (χ4v) is 7.07. The highest BCUT2D eigenvalue weighted by Gasteiger charge is 2.52. The summed E-state index contributed by atoms with van der Waals surface area (Å²) in [4.78, 5) is 44.0. The molecule has 0 bridgehead atoms. The molecule has 11 heteroatoms. The zero-order valence-electron chi connectivity index (χ0n) is 22.7. The first-order chi connectivity index (χ1) is 20.2. The van der Waals surface area contributed by atoms with Crippen LogP contribution in [0.2, 0.25) is 10.0 Å². The molecule has 0 fully saturated rings. The fraction of sp³-hybridized carbons (Fsp3) is 0.258. The van der Waals surface area contributed by atoms with Crippen molar-refractivity contribution in [3.8, 4) is 0 Å². The zero-order chi connectivity index (χ0) is 30.1. The van der Waals surface area contributed by atoms with Crippen molar-refractivity contribution in [1.82, 2.24) is 0 Å². The van der Waals surface area contributed by atoms with Gasteiger partial charge < -0.3 is 15.2 Å². The molecular formula is C31H27Cl2FN2O5S. The van der Waals surface area contributed by atoms with Gasteiger partial charge in [0.25, 0.3) is 0 Å². The predicted octanol–water partition coefficient (Wildman–Crippen LogP) is 6.72. The van der Waals surface area contributed by atoms with E-state index < -0.39 is 41.3 Å². The first kappa shape index (κ1) is 29.8. The molecule has 7 nitrogen and oxygen atoms in total. The minimum atomic E-state index is -1.25. The molecule has 0 saturated heterocycles. The SMILES string of the molecule is CCOC(=O)C1=C(N)N(c2cc(Cl)cc(Cl)c2)C2=C(C(=O)[C@H](C(=O)OCC)[C@@H](c3cccs3)C2)[C@@H]1c1ccccc1F. The molecule has 0 unspecified atom stereocenters. The van der Waals surface area contributed by atoms with E-state index in [9.17, 15) is 14.4 Å². The Balaban J connectivity index is 1.85. The van der Waals surface area contributed by atoms with Crippen molar-refractivity contribution in [3.05, 3.63) is 109 Å². The number of rotatable bonds is 7. The number of hydrogen-bond donors (Lipinski definition) is 1. The summed E-state index contributed by atoms with van der Waals surface area (Å²) in [7, 11) is 0. The number of nitrogens with zero attached hydrogens (tertiary/aromatic N) is 1. The summed E-state index contributed by atoms with van der Waals surface area (Å²) in [6.07, 6.45) is 0.150. The van der Waals surface area contributed by atoms with E-state index in [1.165, 1.54) is 40.5 Å². The zero-order valence-corrected chi connectivity index (χ0v) is 25.1. The van der Waals surface area contributed by atoms with Crippen molar-refractivity contribution in [2.75, 3.05) is 18.1 Å². The van der Waals surface area contributed by atoms with Crippen LogP contribution >= 0.6 is 34.5 Å². The summed E-state index contributed by atoms with van der Waals surface area (Å²) in [5, 5.41) is 2.45. The molecule has 2 N–H and O–H groups in total. The number of hydrogen-bond acceptors (Lipinski definition) is 8. The summed E-state index contributed by atoms with van der Waals surface area (Å²) in [5.74, 6) is -5.91. The molecule has 0 spiro atoms. The Bertz CT molecular complexity index is 1600. The second kappa shape index (κ2) is 12.3. The minimum Gasteiger partial charge on any atom is -0.465 e. The van der Waals surface area contributed by atoms with Gasteiger partial charge >= 0.3 is 11.9 Å². The lowest BCUT2D eigenvalue weighted by atomic mass is 9.68. The number of ether oxygens (including phenoxy) is 2. The molecule has 1 aliphatic heterocycles. The monoisotopic (exact) mass is 628 g/mol. The lowest BCUT2D eigenvalue weighted by molar-refractivity contribution is -0.152. The van der Waals surface area contributed by atoms with Crippen LogP contribution in [0.5, 0.6) is 0 Å². The van der Waals surface area contributed by atoms with E-state index in [0.29, 0.717) is 21.4 Å². The average Bonchev–Trinajstić information content (AvgIpc) is 3.47. The van der Waals surface area contributed by atoms with Crippen LogP contribution in [0.1, 0.15) is 42.5 Å². The van der Waals surface area contributed by atoms with Gasteiger partial charge in [-0.15, -0.1) is 11.3 Å². The van der Waals surface area contributed by atoms with Gasteiger partial charge in [0.05, 0.1) is 30.4 Å². The Kier molecular flexibility index (Phi) is 8.73. The van der Waals surface area contributed by atoms with Crippen molar-refractivity contribution in [3.63, 3.8) is 0 Å². The van der Waals surface area contributed by atoms with E-state index in [-0.39, 0.29) is 42.2 Å². The molecule has 2 heterocycles. The van der Waals surface area contributed by atoms with Crippen LogP contribution in [-0.4, -0.2) is 30.9 Å². The number of nitrogens with two attached hydrogens (primary N) is 1. The number of benzene rings is 2. The van der Waals surface area contributed by atoms with Gasteiger partial charge in [0.1, 0.15) is 17.6 Å². The Morgan fingerprint density at radius 3 is 2.36 bits per heavy atom. The van der Waals surface area contributed by atoms with Crippen LogP contribution in [0.4, 0.5) is 10.1 Å². The van der Waals surface area contributed by atoms with Gasteiger partial charge in [-0.25, -0.2) is 9.18 Å². The highest BCUT2D eigenvalue weighted by atomic mass is 35.5. The Morgan fingerprint density at radius 1 is 1.05 bits per heavy atom. The maximum atomic E-state index is 15.5. The highest BCUT2D eigenvalue weighted by molar-refractivity contribution is 7.10. The maximum Gasteiger partial charge on any atom is 0.338 e. The number of esters is 2. The molecule has 218 valence electrons. The lowest BCUT2D eigenvalue weighted by Gasteiger charge is -2.44. The maximum absolute atomic E-state index is 15.5. The topological polar surface area (TPSA) is 98.9 Å². The molecule has 42 heavy (non-hydrogen) atoms. The predicted molar refractivity (Wildman–Crippen MR) is 160 cm³/mol. The van der Waals surface area contributed by atoms with Crippen LogP contribution in [0.15, 0.2) is 82.6 Å². The van der Waals surface area contributed by atoms with Crippen LogP contribution in [0.3, 0.4) is 0 Å². The van der Waals surface area contributed by atoms with Crippen molar-refractivity contribution in [2.24, 2.45) is 11.7 Å². The Labute approximate surface area is 256 Å². The molecule has 2 aliphatic rings. The van der Waals surface area contributed by atoms with Gasteiger partial charge in [-0.3, -0.25) is 14.5 Å². The van der Waals surface area contributed by atoms with Crippen LogP contribution in [0.25, 0.3) is 0 Å². The highest BCUT2D eigenvalue weighted by Crippen LogP contribution is 2.52. The third-order valence-corrected chi connectivity index (χ3v) is 8.75. The lowest BCUT2D eigenvalue weighted by Crippen LogP contribution is -2.46. The molecule has 5 rings (SSSR count). The fourth-order valence-electron chi connectivity index (χ4n) is 5.69. The quantitative estimate of drug-likeness (QED) is 0.229. The molecule has 0 radical (unpaired) electrons. The average molecular weight is 630 g/mol. The molecule has 2 aromatic carbocycles. The molecule has 0 amide bonds. The number of allylic oxidation sites excluding steroid dienone is 2. The molecule has 3 atom stereocenters. The number of halogens is 3. The van der Waals surface area contributed by atoms with Gasteiger partial charge in [0, 0.05) is 37.7 Å². The van der Waals surface area contributed by atoms with E-state index in [4.69, 9.17) is 38.4 Å². The van der Waals surface area contributed by atoms with E-state index in [1.54, 1.807) is 32.0 Å². The largest absolute Gasteiger partial charge is 0.465 e. The van der Waals surface area contributed by atoms with Gasteiger partial charge in [-0.1, -0.05) is 47.5 Å². The standard InChI is InChI=1S/C31H27Cl2FN2O5S/c1-3-40-30(38)25-20(23-10-7-11-42-23)15-22-26(28(25)37)24(19-8-5-6-9-21(19)34)27(31(39)41-4-2)29(35)36(22)18-13-16(32)12-17(33)14-18/h5-14,20,24-25H,3-4,15,35H2,1-2H3/t20-,24+,25-/m1/s1. The van der Waals surface area contributed by atoms with Crippen molar-refractivity contribution in [1.29, 1.82) is 0 Å². The second-order valence-corrected chi connectivity index (χ2v) is 11.6. The summed E-state index contributed by atoms with van der Waals surface area (Å²) >= 11 is 14.1. The number of Topliss-reactive ketones (excluding diaryl/α,β-unsaturated/α-hetero) is 1. The molecule has 3 aromatic rings. The van der Waals surface area contributed by atoms with E-state index in [2.05, 4.69) is 0 Å². The van der Waals surface area contributed by atoms with E-state index >= 15 is 4.39 Å². The number of anilines is 1. The molecule has 1 aliphatic carbocycles. The third-order valence-electron chi connectivity index (χ3n) is 7.30. The van der Waals surface area contributed by atoms with Gasteiger partial charge in [0.15, 0.2) is 5.78 Å². The van der Waals surface area contributed by atoms with Gasteiger partial charge in [-0.2, -0.15) is 0 Å². The second-order valence-electron chi connectivity index (χ2n) is 9.72. The van der Waals surface area contributed by atoms with Crippen molar-refractivity contribution < 1.29 is 28.2 Å². The summed E-state index contributed by atoms with van der Waals surface area (Å²) in [5.41, 5.74) is 7.54.